The van der Waals surface area contributed by atoms with Gasteiger partial charge in [-0.2, -0.15) is 0 Å². The number of anilines is 1. The second-order valence-electron chi connectivity index (χ2n) is 9.87. The number of rotatable bonds is 8. The van der Waals surface area contributed by atoms with Crippen molar-refractivity contribution in [2.45, 2.75) is 30.1 Å². The number of primary sulfonamides is 1. The minimum absolute atomic E-state index is 0.0929. The second-order valence-corrected chi connectivity index (χ2v) is 11.4. The van der Waals surface area contributed by atoms with Gasteiger partial charge in [0, 0.05) is 28.1 Å². The zero-order valence-corrected chi connectivity index (χ0v) is 22.3. The average molecular weight is 539 g/mol. The number of benzene rings is 4. The Morgan fingerprint density at radius 1 is 0.974 bits per heavy atom. The summed E-state index contributed by atoms with van der Waals surface area (Å²) in [6, 6.07) is 28.5. The molecule has 8 heteroatoms. The molecule has 2 unspecified atom stereocenters. The lowest BCUT2D eigenvalue weighted by Crippen LogP contribution is -2.13. The molecule has 2 atom stereocenters. The van der Waals surface area contributed by atoms with E-state index in [0.717, 1.165) is 40.1 Å². The molecule has 4 aromatic rings. The third kappa shape index (κ3) is 5.57. The molecule has 0 aromatic heterocycles. The minimum Gasteiger partial charge on any atom is -0.409 e. The number of sulfonamides is 1. The number of nitrogens with zero attached hydrogens (tertiary/aromatic N) is 1. The van der Waals surface area contributed by atoms with Crippen LogP contribution >= 0.6 is 0 Å². The molecule has 1 saturated carbocycles. The predicted molar refractivity (Wildman–Crippen MR) is 156 cm³/mol. The van der Waals surface area contributed by atoms with E-state index in [0.29, 0.717) is 23.0 Å². The largest absolute Gasteiger partial charge is 0.409 e. The maximum Gasteiger partial charge on any atom is 0.238 e. The van der Waals surface area contributed by atoms with Crippen molar-refractivity contribution in [3.05, 3.63) is 125 Å². The van der Waals surface area contributed by atoms with Crippen molar-refractivity contribution in [2.75, 3.05) is 5.32 Å². The van der Waals surface area contributed by atoms with Crippen LogP contribution in [0, 0.1) is 6.92 Å². The Bertz CT molecular complexity index is 1700. The van der Waals surface area contributed by atoms with Gasteiger partial charge in [0.05, 0.1) is 4.90 Å². The highest BCUT2D eigenvalue weighted by molar-refractivity contribution is 7.89. The monoisotopic (exact) mass is 538 g/mol. The number of oxime groups is 1. The molecule has 1 fully saturated rings. The molecule has 0 bridgehead atoms. The van der Waals surface area contributed by atoms with Crippen LogP contribution in [0.2, 0.25) is 0 Å². The van der Waals surface area contributed by atoms with E-state index in [2.05, 4.69) is 48.2 Å². The first-order chi connectivity index (χ1) is 18.7. The van der Waals surface area contributed by atoms with Crippen LogP contribution in [0.4, 0.5) is 5.69 Å². The van der Waals surface area contributed by atoms with Crippen LogP contribution in [0.1, 0.15) is 46.1 Å². The summed E-state index contributed by atoms with van der Waals surface area (Å²) >= 11 is 0. The first-order valence-corrected chi connectivity index (χ1v) is 14.1. The third-order valence-electron chi connectivity index (χ3n) is 7.13. The highest BCUT2D eigenvalue weighted by Gasteiger charge is 2.41. The van der Waals surface area contributed by atoms with Gasteiger partial charge in [0.25, 0.3) is 0 Å². The number of hydrogen-bond acceptors (Lipinski definition) is 5. The van der Waals surface area contributed by atoms with E-state index >= 15 is 0 Å². The van der Waals surface area contributed by atoms with Gasteiger partial charge in [-0.1, -0.05) is 78.0 Å². The van der Waals surface area contributed by atoms with Crippen molar-refractivity contribution in [1.29, 1.82) is 0 Å². The number of nitrogens with two attached hydrogens (primary N) is 2. The first kappa shape index (κ1) is 26.2. The van der Waals surface area contributed by atoms with E-state index in [9.17, 15) is 8.42 Å². The van der Waals surface area contributed by atoms with E-state index in [1.54, 1.807) is 18.2 Å². The lowest BCUT2D eigenvalue weighted by Gasteiger charge is -2.16. The normalized spacial score (nSPS) is 17.0. The lowest BCUT2D eigenvalue weighted by molar-refractivity contribution is 0.318. The summed E-state index contributed by atoms with van der Waals surface area (Å²) in [7, 11) is -3.84. The van der Waals surface area contributed by atoms with Gasteiger partial charge in [-0.15, -0.1) is 0 Å². The van der Waals surface area contributed by atoms with Crippen LogP contribution in [0.25, 0.3) is 16.8 Å². The molecule has 0 aliphatic heterocycles. The zero-order valence-electron chi connectivity index (χ0n) is 21.5. The van der Waals surface area contributed by atoms with Gasteiger partial charge < -0.3 is 16.3 Å². The molecule has 39 heavy (non-hydrogen) atoms. The summed E-state index contributed by atoms with van der Waals surface area (Å²) in [6.07, 6.45) is 1.00. The van der Waals surface area contributed by atoms with E-state index < -0.39 is 10.0 Å². The Morgan fingerprint density at radius 2 is 1.72 bits per heavy atom. The van der Waals surface area contributed by atoms with Crippen LogP contribution in [0.3, 0.4) is 0 Å². The van der Waals surface area contributed by atoms with Crippen molar-refractivity contribution >= 4 is 27.2 Å². The van der Waals surface area contributed by atoms with E-state index in [1.165, 1.54) is 11.6 Å². The molecular weight excluding hydrogens is 508 g/mol. The number of nitrogens with one attached hydrogen (secondary N) is 1. The second kappa shape index (κ2) is 10.4. The predicted octanol–water partition coefficient (Wildman–Crippen LogP) is 5.76. The van der Waals surface area contributed by atoms with Crippen LogP contribution in [0.5, 0.6) is 0 Å². The molecule has 0 amide bonds. The van der Waals surface area contributed by atoms with Gasteiger partial charge in [-0.25, -0.2) is 13.6 Å². The molecule has 1 aliphatic carbocycles. The van der Waals surface area contributed by atoms with E-state index in [1.807, 2.05) is 42.5 Å². The van der Waals surface area contributed by atoms with Crippen molar-refractivity contribution in [1.82, 2.24) is 0 Å². The molecule has 4 aromatic carbocycles. The summed E-state index contributed by atoms with van der Waals surface area (Å²) in [5.74, 6) is 0.768. The smallest absolute Gasteiger partial charge is 0.238 e. The molecular formula is C31H30N4O3S. The van der Waals surface area contributed by atoms with Crippen molar-refractivity contribution in [3.63, 3.8) is 0 Å². The first-order valence-electron chi connectivity index (χ1n) is 12.5. The Balaban J connectivity index is 1.37. The van der Waals surface area contributed by atoms with E-state index in [4.69, 9.17) is 16.1 Å². The van der Waals surface area contributed by atoms with Gasteiger partial charge in [0.15, 0.2) is 5.84 Å². The molecule has 0 radical (unpaired) electrons. The summed E-state index contributed by atoms with van der Waals surface area (Å²) in [4.78, 5) is 0.0929. The summed E-state index contributed by atoms with van der Waals surface area (Å²) in [5, 5.41) is 21.0. The molecule has 7 nitrogen and oxygen atoms in total. The van der Waals surface area contributed by atoms with Gasteiger partial charge >= 0.3 is 0 Å². The maximum atomic E-state index is 12.0. The Morgan fingerprint density at radius 3 is 2.44 bits per heavy atom. The highest BCUT2D eigenvalue weighted by Crippen LogP contribution is 2.56. The fraction of sp³-hybridized carbons (Fsp3) is 0.129. The topological polar surface area (TPSA) is 131 Å². The van der Waals surface area contributed by atoms with Gasteiger partial charge in [-0.3, -0.25) is 0 Å². The van der Waals surface area contributed by atoms with Crippen LogP contribution in [-0.2, 0) is 10.0 Å². The van der Waals surface area contributed by atoms with Crippen LogP contribution < -0.4 is 16.2 Å². The maximum absolute atomic E-state index is 12.0. The lowest BCUT2D eigenvalue weighted by atomic mass is 9.95. The van der Waals surface area contributed by atoms with Gasteiger partial charge in [0.1, 0.15) is 0 Å². The minimum atomic E-state index is -3.84. The SMILES string of the molecule is C=C(Nc1ccc(-c2ccccc2S(N)(=O)=O)cc1)c1cc(C)ccc1C1CC1c1cccc(/C(N)=N/O)c1. The number of amidine groups is 1. The fourth-order valence-corrected chi connectivity index (χ4v) is 5.84. The van der Waals surface area contributed by atoms with Crippen LogP contribution in [-0.4, -0.2) is 19.5 Å². The Kier molecular flexibility index (Phi) is 6.99. The summed E-state index contributed by atoms with van der Waals surface area (Å²) in [6.45, 7) is 6.40. The quantitative estimate of drug-likeness (QED) is 0.0981. The highest BCUT2D eigenvalue weighted by atomic mass is 32.2. The average Bonchev–Trinajstić information content (AvgIpc) is 3.73. The van der Waals surface area contributed by atoms with Crippen molar-refractivity contribution in [2.24, 2.45) is 16.0 Å². The molecule has 0 saturated heterocycles. The van der Waals surface area contributed by atoms with Gasteiger partial charge in [0.2, 0.25) is 10.0 Å². The van der Waals surface area contributed by atoms with Crippen LogP contribution in [0.15, 0.2) is 108 Å². The molecule has 6 N–H and O–H groups in total. The third-order valence-corrected chi connectivity index (χ3v) is 8.10. The molecule has 0 spiro atoms. The summed E-state index contributed by atoms with van der Waals surface area (Å²) < 4.78 is 24.0. The van der Waals surface area contributed by atoms with Crippen molar-refractivity contribution in [3.8, 4) is 11.1 Å². The number of aryl methyl sites for hydroxylation is 1. The van der Waals surface area contributed by atoms with Gasteiger partial charge in [-0.05, 0) is 72.2 Å². The zero-order chi connectivity index (χ0) is 27.7. The standard InChI is InChI=1S/C31H30N4O3S/c1-19-10-15-26(29-18-28(29)22-6-5-7-23(17-22)31(32)35-36)27(16-19)20(2)34-24-13-11-21(12-14-24)25-8-3-4-9-30(25)39(33,37)38/h3-17,28-29,34,36H,2,18H2,1H3,(H2,32,35)(H2,33,37,38). The fourth-order valence-electron chi connectivity index (χ4n) is 5.08. The molecule has 1 aliphatic rings. The molecule has 5 rings (SSSR count). The van der Waals surface area contributed by atoms with Crippen molar-refractivity contribution < 1.29 is 13.6 Å². The van der Waals surface area contributed by atoms with E-state index in [-0.39, 0.29) is 10.7 Å². The molecule has 0 heterocycles. The Hall–Kier alpha value is -4.40. The number of hydrogen-bond donors (Lipinski definition) is 4. The summed E-state index contributed by atoms with van der Waals surface area (Å²) in [5.41, 5.74) is 14.0. The molecule has 198 valence electrons. The Labute approximate surface area is 228 Å².